The predicted octanol–water partition coefficient (Wildman–Crippen LogP) is 2.22. The molecule has 1 aromatic carbocycles. The van der Waals surface area contributed by atoms with E-state index in [1.54, 1.807) is 44.2 Å². The van der Waals surface area contributed by atoms with Crippen LogP contribution in [0.15, 0.2) is 30.3 Å². The second kappa shape index (κ2) is 5.27. The average Bonchev–Trinajstić information content (AvgIpc) is 2.42. The van der Waals surface area contributed by atoms with Gasteiger partial charge in [0, 0.05) is 5.69 Å². The van der Waals surface area contributed by atoms with Crippen molar-refractivity contribution in [1.82, 2.24) is 10.2 Å². The lowest BCUT2D eigenvalue weighted by molar-refractivity contribution is 0.102. The summed E-state index contributed by atoms with van der Waals surface area (Å²) in [5.41, 5.74) is 2.96. The molecule has 0 spiro atoms. The van der Waals surface area contributed by atoms with E-state index in [1.807, 2.05) is 6.07 Å². The van der Waals surface area contributed by atoms with Crippen molar-refractivity contribution in [1.29, 1.82) is 5.26 Å². The van der Waals surface area contributed by atoms with Gasteiger partial charge in [-0.3, -0.25) is 4.79 Å². The van der Waals surface area contributed by atoms with Gasteiger partial charge in [0.15, 0.2) is 0 Å². The van der Waals surface area contributed by atoms with Gasteiger partial charge in [0.2, 0.25) is 0 Å². The Kier molecular flexibility index (Phi) is 3.53. The number of rotatable bonds is 2. The van der Waals surface area contributed by atoms with Crippen LogP contribution in [0.1, 0.15) is 27.3 Å². The van der Waals surface area contributed by atoms with Gasteiger partial charge in [0.1, 0.15) is 0 Å². The number of hydrogen-bond acceptors (Lipinski definition) is 4. The van der Waals surface area contributed by atoms with Crippen LogP contribution in [0.25, 0.3) is 0 Å². The molecule has 1 heterocycles. The number of nitrogens with zero attached hydrogens (tertiary/aromatic N) is 3. The predicted molar refractivity (Wildman–Crippen MR) is 70.6 cm³/mol. The van der Waals surface area contributed by atoms with Crippen LogP contribution in [-0.2, 0) is 0 Å². The van der Waals surface area contributed by atoms with Gasteiger partial charge in [-0.25, -0.2) is 0 Å². The molecule has 1 amide bonds. The molecular formula is C14H12N4O. The number of amides is 1. The number of aromatic nitrogens is 2. The highest BCUT2D eigenvalue weighted by Gasteiger charge is 2.11. The number of carbonyl (C=O) groups excluding carboxylic acids is 1. The maximum absolute atomic E-state index is 12.1. The Labute approximate surface area is 110 Å². The Balaban J connectivity index is 2.21. The highest BCUT2D eigenvalue weighted by molar-refractivity contribution is 6.05. The molecule has 0 unspecified atom stereocenters. The zero-order valence-electron chi connectivity index (χ0n) is 10.6. The topological polar surface area (TPSA) is 78.7 Å². The second-order valence-corrected chi connectivity index (χ2v) is 4.13. The third-order valence-electron chi connectivity index (χ3n) is 2.62. The fraction of sp³-hybridized carbons (Fsp3) is 0.143. The van der Waals surface area contributed by atoms with Crippen LogP contribution >= 0.6 is 0 Å². The quantitative estimate of drug-likeness (QED) is 0.888. The lowest BCUT2D eigenvalue weighted by Gasteiger charge is -2.07. The van der Waals surface area contributed by atoms with E-state index >= 15 is 0 Å². The molecule has 0 atom stereocenters. The van der Waals surface area contributed by atoms with Crippen LogP contribution in [0.2, 0.25) is 0 Å². The van der Waals surface area contributed by atoms with Crippen LogP contribution < -0.4 is 5.32 Å². The molecule has 1 N–H and O–H groups in total. The molecule has 0 saturated carbocycles. The summed E-state index contributed by atoms with van der Waals surface area (Å²) in [6.07, 6.45) is 0. The maximum Gasteiger partial charge on any atom is 0.257 e. The minimum absolute atomic E-state index is 0.236. The van der Waals surface area contributed by atoms with Gasteiger partial charge in [-0.05, 0) is 44.2 Å². The van der Waals surface area contributed by atoms with Crippen LogP contribution in [0.5, 0.6) is 0 Å². The van der Waals surface area contributed by atoms with Gasteiger partial charge >= 0.3 is 0 Å². The summed E-state index contributed by atoms with van der Waals surface area (Å²) in [6, 6.07) is 10.4. The number of aryl methyl sites for hydroxylation is 2. The van der Waals surface area contributed by atoms with Crippen molar-refractivity contribution >= 4 is 11.6 Å². The first-order valence-corrected chi connectivity index (χ1v) is 5.72. The van der Waals surface area contributed by atoms with E-state index in [2.05, 4.69) is 15.5 Å². The van der Waals surface area contributed by atoms with E-state index in [0.717, 1.165) is 0 Å². The van der Waals surface area contributed by atoms with Crippen LogP contribution in [0.3, 0.4) is 0 Å². The zero-order valence-corrected chi connectivity index (χ0v) is 10.6. The van der Waals surface area contributed by atoms with Gasteiger partial charge in [-0.2, -0.15) is 15.5 Å². The Morgan fingerprint density at radius 3 is 2.53 bits per heavy atom. The molecule has 0 aliphatic heterocycles. The maximum atomic E-state index is 12.1. The fourth-order valence-corrected chi connectivity index (χ4v) is 1.61. The van der Waals surface area contributed by atoms with Crippen molar-refractivity contribution in [2.24, 2.45) is 0 Å². The van der Waals surface area contributed by atoms with Crippen LogP contribution in [0, 0.1) is 25.2 Å². The standard InChI is InChI=1S/C14H12N4O/c1-9-7-13(10(2)18-17-9)14(19)16-12-5-3-11(8-15)4-6-12/h3-7H,1-2H3,(H,16,19). The Morgan fingerprint density at radius 2 is 1.89 bits per heavy atom. The van der Waals surface area contributed by atoms with E-state index < -0.39 is 0 Å². The molecule has 0 bridgehead atoms. The first-order chi connectivity index (χ1) is 9.10. The third-order valence-corrected chi connectivity index (χ3v) is 2.62. The summed E-state index contributed by atoms with van der Waals surface area (Å²) in [7, 11) is 0. The van der Waals surface area contributed by atoms with Crippen molar-refractivity contribution in [2.45, 2.75) is 13.8 Å². The summed E-state index contributed by atoms with van der Waals surface area (Å²) in [4.78, 5) is 12.1. The Bertz CT molecular complexity index is 656. The number of hydrogen-bond donors (Lipinski definition) is 1. The molecule has 0 fully saturated rings. The van der Waals surface area contributed by atoms with E-state index in [9.17, 15) is 4.79 Å². The van der Waals surface area contributed by atoms with Crippen LogP contribution in [0.4, 0.5) is 5.69 Å². The molecule has 5 heteroatoms. The van der Waals surface area contributed by atoms with E-state index in [1.165, 1.54) is 0 Å². The van der Waals surface area contributed by atoms with Crippen molar-refractivity contribution in [3.05, 3.63) is 52.8 Å². The number of benzene rings is 1. The first-order valence-electron chi connectivity index (χ1n) is 5.72. The zero-order chi connectivity index (χ0) is 13.8. The average molecular weight is 252 g/mol. The van der Waals surface area contributed by atoms with Crippen molar-refractivity contribution in [3.63, 3.8) is 0 Å². The molecule has 2 aromatic rings. The van der Waals surface area contributed by atoms with Crippen molar-refractivity contribution in [3.8, 4) is 6.07 Å². The smallest absolute Gasteiger partial charge is 0.257 e. The number of nitrogens with one attached hydrogen (secondary N) is 1. The van der Waals surface area contributed by atoms with Crippen molar-refractivity contribution in [2.75, 3.05) is 5.32 Å². The lowest BCUT2D eigenvalue weighted by Crippen LogP contribution is -2.15. The van der Waals surface area contributed by atoms with Gasteiger partial charge in [-0.1, -0.05) is 0 Å². The van der Waals surface area contributed by atoms with E-state index in [-0.39, 0.29) is 5.91 Å². The van der Waals surface area contributed by atoms with E-state index in [0.29, 0.717) is 28.2 Å². The molecule has 0 saturated heterocycles. The lowest BCUT2D eigenvalue weighted by atomic mass is 10.1. The van der Waals surface area contributed by atoms with Crippen LogP contribution in [-0.4, -0.2) is 16.1 Å². The Hall–Kier alpha value is -2.74. The molecule has 0 radical (unpaired) electrons. The normalized spacial score (nSPS) is 9.74. The highest BCUT2D eigenvalue weighted by atomic mass is 16.1. The Morgan fingerprint density at radius 1 is 1.21 bits per heavy atom. The molecule has 0 aliphatic carbocycles. The van der Waals surface area contributed by atoms with Crippen molar-refractivity contribution < 1.29 is 4.79 Å². The van der Waals surface area contributed by atoms with Gasteiger partial charge in [0.05, 0.1) is 28.6 Å². The van der Waals surface area contributed by atoms with E-state index in [4.69, 9.17) is 5.26 Å². The minimum Gasteiger partial charge on any atom is -0.322 e. The monoisotopic (exact) mass is 252 g/mol. The second-order valence-electron chi connectivity index (χ2n) is 4.13. The SMILES string of the molecule is Cc1cc(C(=O)Nc2ccc(C#N)cc2)c(C)nn1. The summed E-state index contributed by atoms with van der Waals surface area (Å²) in [5, 5.41) is 19.3. The summed E-state index contributed by atoms with van der Waals surface area (Å²) < 4.78 is 0. The highest BCUT2D eigenvalue weighted by Crippen LogP contribution is 2.12. The molecule has 1 aromatic heterocycles. The fourth-order valence-electron chi connectivity index (χ4n) is 1.61. The first kappa shape index (κ1) is 12.7. The molecule has 94 valence electrons. The summed E-state index contributed by atoms with van der Waals surface area (Å²) >= 11 is 0. The number of nitriles is 1. The minimum atomic E-state index is -0.236. The number of anilines is 1. The summed E-state index contributed by atoms with van der Waals surface area (Å²) in [5.74, 6) is -0.236. The van der Waals surface area contributed by atoms with Gasteiger partial charge in [-0.15, -0.1) is 0 Å². The molecule has 19 heavy (non-hydrogen) atoms. The third kappa shape index (κ3) is 2.93. The molecule has 0 aliphatic rings. The van der Waals surface area contributed by atoms with Gasteiger partial charge < -0.3 is 5.32 Å². The molecular weight excluding hydrogens is 240 g/mol. The summed E-state index contributed by atoms with van der Waals surface area (Å²) in [6.45, 7) is 3.52. The number of carbonyl (C=O) groups is 1. The molecule has 2 rings (SSSR count). The largest absolute Gasteiger partial charge is 0.322 e. The molecule has 5 nitrogen and oxygen atoms in total. The van der Waals surface area contributed by atoms with Gasteiger partial charge in [0.25, 0.3) is 5.91 Å².